The Bertz CT molecular complexity index is 1410. The lowest BCUT2D eigenvalue weighted by atomic mass is 9.92. The van der Waals surface area contributed by atoms with Crippen molar-refractivity contribution in [1.82, 2.24) is 15.1 Å². The molecule has 1 aliphatic heterocycles. The van der Waals surface area contributed by atoms with Crippen molar-refractivity contribution < 1.29 is 38.6 Å². The molecule has 268 valence electrons. The summed E-state index contributed by atoms with van der Waals surface area (Å²) < 4.78 is 11.0. The van der Waals surface area contributed by atoms with Gasteiger partial charge >= 0.3 is 5.97 Å². The molecular formula is C36H49ClN4O8. The Morgan fingerprint density at radius 3 is 2.22 bits per heavy atom. The van der Waals surface area contributed by atoms with Gasteiger partial charge in [0, 0.05) is 51.7 Å². The second-order valence-corrected chi connectivity index (χ2v) is 13.2. The number of nitrogens with one attached hydrogen (secondary N) is 1. The minimum Gasteiger partial charge on any atom is -0.481 e. The van der Waals surface area contributed by atoms with Crippen molar-refractivity contribution in [2.24, 2.45) is 17.6 Å². The first-order valence-corrected chi connectivity index (χ1v) is 16.9. The first kappa shape index (κ1) is 39.6. The van der Waals surface area contributed by atoms with Crippen LogP contribution in [0.15, 0.2) is 54.6 Å². The van der Waals surface area contributed by atoms with Crippen molar-refractivity contribution >= 4 is 41.1 Å². The van der Waals surface area contributed by atoms with Gasteiger partial charge in [0.25, 0.3) is 0 Å². The van der Waals surface area contributed by atoms with Crippen LogP contribution in [0, 0.1) is 11.8 Å². The van der Waals surface area contributed by atoms with Crippen molar-refractivity contribution in [3.8, 4) is 0 Å². The number of methoxy groups -OCH3 is 1. The summed E-state index contributed by atoms with van der Waals surface area (Å²) in [6.07, 6.45) is 0.532. The summed E-state index contributed by atoms with van der Waals surface area (Å²) in [6, 6.07) is 14.0. The lowest BCUT2D eigenvalue weighted by molar-refractivity contribution is -0.146. The third kappa shape index (κ3) is 12.2. The number of nitrogens with zero attached hydrogens (tertiary/aromatic N) is 2. The average molecular weight is 701 g/mol. The smallest absolute Gasteiger partial charge is 0.304 e. The number of benzene rings is 2. The van der Waals surface area contributed by atoms with Crippen LogP contribution in [0.2, 0.25) is 5.02 Å². The highest BCUT2D eigenvalue weighted by molar-refractivity contribution is 6.30. The number of nitrogens with two attached hydrogens (primary N) is 1. The van der Waals surface area contributed by atoms with E-state index in [0.29, 0.717) is 24.5 Å². The second-order valence-electron chi connectivity index (χ2n) is 12.8. The summed E-state index contributed by atoms with van der Waals surface area (Å²) in [6.45, 7) is 2.10. The van der Waals surface area contributed by atoms with Gasteiger partial charge in [0.1, 0.15) is 5.78 Å². The maximum Gasteiger partial charge on any atom is 0.304 e. The van der Waals surface area contributed by atoms with Crippen molar-refractivity contribution in [2.75, 3.05) is 41.0 Å². The number of ether oxygens (including phenoxy) is 2. The number of rotatable bonds is 18. The summed E-state index contributed by atoms with van der Waals surface area (Å²) in [5, 5.41) is 13.2. The number of likely N-dealkylation sites (N-methyl/N-ethyl adjacent to an activating group) is 2. The largest absolute Gasteiger partial charge is 0.481 e. The van der Waals surface area contributed by atoms with E-state index < -0.39 is 42.0 Å². The summed E-state index contributed by atoms with van der Waals surface area (Å²) in [5.74, 6) is -3.95. The zero-order valence-electron chi connectivity index (χ0n) is 28.7. The van der Waals surface area contributed by atoms with Gasteiger partial charge in [-0.1, -0.05) is 54.1 Å². The van der Waals surface area contributed by atoms with Crippen LogP contribution in [0.3, 0.4) is 0 Å². The van der Waals surface area contributed by atoms with E-state index in [9.17, 15) is 29.1 Å². The number of aliphatic carboxylic acids is 1. The van der Waals surface area contributed by atoms with Crippen molar-refractivity contribution in [3.63, 3.8) is 0 Å². The third-order valence-electron chi connectivity index (χ3n) is 8.98. The molecule has 0 saturated carbocycles. The molecule has 12 nitrogen and oxygen atoms in total. The highest BCUT2D eigenvalue weighted by atomic mass is 35.5. The second kappa shape index (κ2) is 19.4. The van der Waals surface area contributed by atoms with Gasteiger partial charge in [-0.05, 0) is 49.4 Å². The van der Waals surface area contributed by atoms with E-state index in [2.05, 4.69) is 5.32 Å². The molecule has 6 atom stereocenters. The van der Waals surface area contributed by atoms with E-state index in [0.717, 1.165) is 11.1 Å². The number of Topliss-reactive ketones (excluding diaryl/α,β-unsaturated/α-hetero) is 1. The SMILES string of the molecule is COC[C@H](CC(=O)[C@H](C)N)C(=O)N(C)[C@H](CC(=O)NC1COCCC1N(C)C(=O)[C@@H](CC(=O)O)Cc1ccccc1)Cc1ccc(Cl)cc1. The Morgan fingerprint density at radius 1 is 0.959 bits per heavy atom. The summed E-state index contributed by atoms with van der Waals surface area (Å²) >= 11 is 6.10. The molecule has 2 aromatic carbocycles. The van der Waals surface area contributed by atoms with Crippen LogP contribution in [-0.2, 0) is 46.3 Å². The molecule has 1 heterocycles. The predicted molar refractivity (Wildman–Crippen MR) is 185 cm³/mol. The predicted octanol–water partition coefficient (Wildman–Crippen LogP) is 2.73. The Morgan fingerprint density at radius 2 is 1.61 bits per heavy atom. The Balaban J connectivity index is 1.79. The van der Waals surface area contributed by atoms with E-state index in [1.807, 2.05) is 42.5 Å². The topological polar surface area (TPSA) is 169 Å². The van der Waals surface area contributed by atoms with E-state index in [1.165, 1.54) is 16.9 Å². The maximum atomic E-state index is 13.7. The average Bonchev–Trinajstić information content (AvgIpc) is 3.07. The molecule has 2 aromatic rings. The Hall–Kier alpha value is -3.84. The highest BCUT2D eigenvalue weighted by Gasteiger charge is 2.37. The molecule has 1 fully saturated rings. The number of ketones is 1. The van der Waals surface area contributed by atoms with Gasteiger partial charge in [-0.3, -0.25) is 24.0 Å². The fourth-order valence-corrected chi connectivity index (χ4v) is 6.30. The summed E-state index contributed by atoms with van der Waals surface area (Å²) in [5.41, 5.74) is 7.47. The van der Waals surface area contributed by atoms with Crippen LogP contribution >= 0.6 is 11.6 Å². The Kier molecular flexibility index (Phi) is 15.7. The molecule has 0 aliphatic carbocycles. The van der Waals surface area contributed by atoms with Gasteiger partial charge in [-0.25, -0.2) is 0 Å². The molecular weight excluding hydrogens is 652 g/mol. The molecule has 2 unspecified atom stereocenters. The van der Waals surface area contributed by atoms with Gasteiger partial charge in [-0.15, -0.1) is 0 Å². The first-order valence-electron chi connectivity index (χ1n) is 16.5. The number of carboxylic acids is 1. The molecule has 0 aromatic heterocycles. The van der Waals surface area contributed by atoms with Crippen molar-refractivity contribution in [2.45, 2.75) is 69.6 Å². The van der Waals surface area contributed by atoms with E-state index in [4.69, 9.17) is 26.8 Å². The molecule has 3 amide bonds. The van der Waals surface area contributed by atoms with Gasteiger partial charge in [0.05, 0.1) is 49.6 Å². The standard InChI is InChI=1S/C36H49ClN4O8/c1-23(38)32(42)18-27(21-48-4)36(47)40(2)29(17-25-10-12-28(37)13-11-25)20-33(43)39-30-22-49-15-14-31(30)41(3)35(46)26(19-34(44)45)16-24-8-6-5-7-9-24/h5-13,23,26-27,29-31H,14-22,38H2,1-4H3,(H,39,43)(H,44,45)/t23-,26+,27-,29-,30?,31?/m0/s1. The minimum absolute atomic E-state index is 0.0100. The zero-order chi connectivity index (χ0) is 36.1. The van der Waals surface area contributed by atoms with Gasteiger partial charge in [-0.2, -0.15) is 0 Å². The molecule has 13 heteroatoms. The van der Waals surface area contributed by atoms with Crippen LogP contribution in [-0.4, -0.2) is 110 Å². The van der Waals surface area contributed by atoms with Gasteiger partial charge in [0.2, 0.25) is 17.7 Å². The van der Waals surface area contributed by atoms with Crippen LogP contribution in [0.5, 0.6) is 0 Å². The number of halogens is 1. The number of carbonyl (C=O) groups excluding carboxylic acids is 4. The van der Waals surface area contributed by atoms with E-state index >= 15 is 0 Å². The van der Waals surface area contributed by atoms with Crippen molar-refractivity contribution in [3.05, 3.63) is 70.7 Å². The minimum atomic E-state index is -1.07. The third-order valence-corrected chi connectivity index (χ3v) is 9.23. The van der Waals surface area contributed by atoms with E-state index in [1.54, 1.807) is 33.2 Å². The molecule has 1 saturated heterocycles. The molecule has 3 rings (SSSR count). The molecule has 0 radical (unpaired) electrons. The van der Waals surface area contributed by atoms with Gasteiger partial charge < -0.3 is 35.4 Å². The molecule has 4 N–H and O–H groups in total. The lowest BCUT2D eigenvalue weighted by Gasteiger charge is -2.40. The Labute approximate surface area is 293 Å². The zero-order valence-corrected chi connectivity index (χ0v) is 29.4. The summed E-state index contributed by atoms with van der Waals surface area (Å²) in [4.78, 5) is 68.4. The fraction of sp³-hybridized carbons (Fsp3) is 0.528. The molecule has 0 spiro atoms. The maximum absolute atomic E-state index is 13.7. The number of hydrogen-bond donors (Lipinski definition) is 3. The van der Waals surface area contributed by atoms with Crippen LogP contribution in [0.25, 0.3) is 0 Å². The molecule has 1 aliphatic rings. The normalized spacial score (nSPS) is 18.4. The highest BCUT2D eigenvalue weighted by Crippen LogP contribution is 2.23. The molecule has 49 heavy (non-hydrogen) atoms. The van der Waals surface area contributed by atoms with Crippen molar-refractivity contribution in [1.29, 1.82) is 0 Å². The van der Waals surface area contributed by atoms with E-state index in [-0.39, 0.29) is 62.4 Å². The summed E-state index contributed by atoms with van der Waals surface area (Å²) in [7, 11) is 4.68. The quantitative estimate of drug-likeness (QED) is 0.212. The number of hydrogen-bond acceptors (Lipinski definition) is 8. The number of amides is 3. The van der Waals surface area contributed by atoms with Crippen LogP contribution in [0.1, 0.15) is 43.7 Å². The monoisotopic (exact) mass is 700 g/mol. The molecule has 0 bridgehead atoms. The van der Waals surface area contributed by atoms with Crippen LogP contribution in [0.4, 0.5) is 0 Å². The first-order chi connectivity index (χ1) is 23.3. The van der Waals surface area contributed by atoms with Gasteiger partial charge in [0.15, 0.2) is 0 Å². The number of carboxylic acid groups (broad SMARTS) is 1. The number of carbonyl (C=O) groups is 5. The van der Waals surface area contributed by atoms with Crippen LogP contribution < -0.4 is 11.1 Å². The lowest BCUT2D eigenvalue weighted by Crippen LogP contribution is -2.58. The fourth-order valence-electron chi connectivity index (χ4n) is 6.17.